The fourth-order valence-electron chi connectivity index (χ4n) is 5.58. The molecule has 0 unspecified atom stereocenters. The topological polar surface area (TPSA) is 75.7 Å². The van der Waals surface area contributed by atoms with Gasteiger partial charge in [0.05, 0.1) is 17.1 Å². The van der Waals surface area contributed by atoms with Gasteiger partial charge in [-0.3, -0.25) is 4.79 Å². The monoisotopic (exact) mass is 420 g/mol. The number of ether oxygens (including phenoxy) is 1. The average Bonchev–Trinajstić information content (AvgIpc) is 3.31. The molecule has 160 valence electrons. The molecule has 1 N–H and O–H groups in total. The third-order valence-electron chi connectivity index (χ3n) is 6.91. The van der Waals surface area contributed by atoms with Gasteiger partial charge in [0.1, 0.15) is 0 Å². The first kappa shape index (κ1) is 20.8. The Morgan fingerprint density at radius 1 is 1.17 bits per heavy atom. The largest absolute Gasteiger partial charge is 0.373 e. The van der Waals surface area contributed by atoms with Crippen molar-refractivity contribution in [1.82, 2.24) is 9.62 Å². The van der Waals surface area contributed by atoms with Crippen LogP contribution in [0.4, 0.5) is 0 Å². The summed E-state index contributed by atoms with van der Waals surface area (Å²) in [5, 5.41) is 3.13. The van der Waals surface area contributed by atoms with E-state index in [1.165, 1.54) is 36.1 Å². The standard InChI is InChI=1S/C22H32N2O4S/c1-14-12-24(13-15(2)28-14)29(26,27)20-6-4-5-19(11-20)22(25)23-16(3)21-10-17-7-8-18(21)9-17/h4-6,11,14-18,21H,7-10,12-13H2,1-3H3,(H,23,25)/t14-,15+,16-,17+,18+,21-/m0/s1. The Balaban J connectivity index is 1.47. The van der Waals surface area contributed by atoms with Crippen molar-refractivity contribution in [3.63, 3.8) is 0 Å². The van der Waals surface area contributed by atoms with Crippen molar-refractivity contribution in [3.8, 4) is 0 Å². The minimum atomic E-state index is -3.66. The Labute approximate surface area is 174 Å². The quantitative estimate of drug-likeness (QED) is 0.794. The van der Waals surface area contributed by atoms with Gasteiger partial charge in [-0.15, -0.1) is 0 Å². The summed E-state index contributed by atoms with van der Waals surface area (Å²) in [5.41, 5.74) is 0.399. The summed E-state index contributed by atoms with van der Waals surface area (Å²) in [5.74, 6) is 1.91. The molecule has 3 aliphatic rings. The second kappa shape index (κ2) is 8.00. The molecule has 7 heteroatoms. The van der Waals surface area contributed by atoms with Crippen LogP contribution in [0.25, 0.3) is 0 Å². The first-order valence-corrected chi connectivity index (χ1v) is 12.2. The molecule has 1 aliphatic heterocycles. The Morgan fingerprint density at radius 2 is 1.90 bits per heavy atom. The van der Waals surface area contributed by atoms with E-state index in [1.54, 1.807) is 18.2 Å². The molecule has 1 saturated heterocycles. The molecule has 3 fully saturated rings. The lowest BCUT2D eigenvalue weighted by Gasteiger charge is -2.34. The zero-order valence-corrected chi connectivity index (χ0v) is 18.3. The maximum Gasteiger partial charge on any atom is 0.251 e. The van der Waals surface area contributed by atoms with Crippen LogP contribution in [0, 0.1) is 17.8 Å². The van der Waals surface area contributed by atoms with Crippen molar-refractivity contribution >= 4 is 15.9 Å². The summed E-state index contributed by atoms with van der Waals surface area (Å²) in [6.45, 7) is 6.48. The van der Waals surface area contributed by atoms with Gasteiger partial charge in [0, 0.05) is 24.7 Å². The summed E-state index contributed by atoms with van der Waals surface area (Å²) in [4.78, 5) is 13.0. The van der Waals surface area contributed by atoms with E-state index in [2.05, 4.69) is 12.2 Å². The van der Waals surface area contributed by atoms with Crippen LogP contribution in [0.15, 0.2) is 29.2 Å². The van der Waals surface area contributed by atoms with Crippen molar-refractivity contribution in [2.24, 2.45) is 17.8 Å². The van der Waals surface area contributed by atoms with E-state index in [0.29, 0.717) is 24.6 Å². The molecule has 1 aromatic rings. The predicted molar refractivity (Wildman–Crippen MR) is 111 cm³/mol. The van der Waals surface area contributed by atoms with E-state index >= 15 is 0 Å². The van der Waals surface area contributed by atoms with Crippen molar-refractivity contribution in [3.05, 3.63) is 29.8 Å². The van der Waals surface area contributed by atoms with Crippen molar-refractivity contribution in [2.75, 3.05) is 13.1 Å². The third kappa shape index (κ3) is 4.23. The minimum Gasteiger partial charge on any atom is -0.373 e. The zero-order chi connectivity index (χ0) is 20.8. The van der Waals surface area contributed by atoms with Gasteiger partial charge in [0.25, 0.3) is 5.91 Å². The van der Waals surface area contributed by atoms with E-state index in [-0.39, 0.29) is 29.1 Å². The summed E-state index contributed by atoms with van der Waals surface area (Å²) < 4.78 is 33.3. The number of morpholine rings is 1. The number of hydrogen-bond acceptors (Lipinski definition) is 4. The van der Waals surface area contributed by atoms with Crippen molar-refractivity contribution in [2.45, 2.75) is 69.6 Å². The molecule has 4 rings (SSSR count). The van der Waals surface area contributed by atoms with E-state index < -0.39 is 10.0 Å². The predicted octanol–water partition coefficient (Wildman–Crippen LogP) is 3.04. The second-order valence-corrected chi connectivity index (χ2v) is 11.1. The normalized spacial score (nSPS) is 33.6. The molecule has 2 saturated carbocycles. The highest BCUT2D eigenvalue weighted by Crippen LogP contribution is 2.49. The van der Waals surface area contributed by atoms with Gasteiger partial charge in [-0.1, -0.05) is 12.5 Å². The fraction of sp³-hybridized carbons (Fsp3) is 0.682. The molecule has 6 nitrogen and oxygen atoms in total. The molecule has 0 aromatic heterocycles. The number of carbonyl (C=O) groups excluding carboxylic acids is 1. The number of nitrogens with one attached hydrogen (secondary N) is 1. The summed E-state index contributed by atoms with van der Waals surface area (Å²) >= 11 is 0. The molecule has 6 atom stereocenters. The molecule has 2 aliphatic carbocycles. The Kier molecular flexibility index (Phi) is 5.75. The van der Waals surface area contributed by atoms with Crippen LogP contribution in [-0.4, -0.2) is 50.0 Å². The molecule has 0 spiro atoms. The van der Waals surface area contributed by atoms with Crippen LogP contribution in [0.1, 0.15) is 56.8 Å². The van der Waals surface area contributed by atoms with Gasteiger partial charge in [-0.2, -0.15) is 4.31 Å². The number of sulfonamides is 1. The molecule has 1 aromatic carbocycles. The van der Waals surface area contributed by atoms with E-state index in [4.69, 9.17) is 4.74 Å². The Morgan fingerprint density at radius 3 is 2.52 bits per heavy atom. The molecule has 0 radical (unpaired) electrons. The van der Waals surface area contributed by atoms with Crippen LogP contribution < -0.4 is 5.32 Å². The van der Waals surface area contributed by atoms with Gasteiger partial charge in [0.2, 0.25) is 10.0 Å². The fourth-order valence-corrected chi connectivity index (χ4v) is 7.21. The third-order valence-corrected chi connectivity index (χ3v) is 8.74. The molecular weight excluding hydrogens is 388 g/mol. The van der Waals surface area contributed by atoms with Crippen LogP contribution in [0.3, 0.4) is 0 Å². The molecule has 1 amide bonds. The maximum atomic E-state index is 13.1. The summed E-state index contributed by atoms with van der Waals surface area (Å²) in [6, 6.07) is 6.52. The number of hydrogen-bond donors (Lipinski definition) is 1. The minimum absolute atomic E-state index is 0.110. The van der Waals surface area contributed by atoms with Gasteiger partial charge >= 0.3 is 0 Å². The SMILES string of the molecule is C[C@@H]1CN(S(=O)(=O)c2cccc(C(=O)N[C@@H](C)[C@@H]3C[C@@H]4CC[C@@H]3C4)c2)C[C@H](C)O1. The number of amides is 1. The van der Waals surface area contributed by atoms with Crippen LogP contribution in [0.2, 0.25) is 0 Å². The maximum absolute atomic E-state index is 13.1. The first-order chi connectivity index (χ1) is 13.7. The summed E-state index contributed by atoms with van der Waals surface area (Å²) in [6.07, 6.45) is 4.81. The average molecular weight is 421 g/mol. The molecule has 29 heavy (non-hydrogen) atoms. The highest BCUT2D eigenvalue weighted by molar-refractivity contribution is 7.89. The lowest BCUT2D eigenvalue weighted by Crippen LogP contribution is -2.48. The first-order valence-electron chi connectivity index (χ1n) is 10.8. The Bertz CT molecular complexity index is 861. The highest BCUT2D eigenvalue weighted by Gasteiger charge is 2.42. The van der Waals surface area contributed by atoms with Gasteiger partial charge in [-0.05, 0) is 76.0 Å². The number of benzene rings is 1. The summed E-state index contributed by atoms with van der Waals surface area (Å²) in [7, 11) is -3.66. The lowest BCUT2D eigenvalue weighted by molar-refractivity contribution is -0.0440. The number of rotatable bonds is 5. The van der Waals surface area contributed by atoms with Gasteiger partial charge in [0.15, 0.2) is 0 Å². The van der Waals surface area contributed by atoms with E-state index in [1.807, 2.05) is 13.8 Å². The lowest BCUT2D eigenvalue weighted by atomic mass is 9.84. The van der Waals surface area contributed by atoms with Gasteiger partial charge in [-0.25, -0.2) is 8.42 Å². The number of nitrogens with zero attached hydrogens (tertiary/aromatic N) is 1. The van der Waals surface area contributed by atoms with Crippen LogP contribution >= 0.6 is 0 Å². The molecule has 2 bridgehead atoms. The number of fused-ring (bicyclic) bond motifs is 2. The van der Waals surface area contributed by atoms with Crippen molar-refractivity contribution < 1.29 is 17.9 Å². The molecule has 1 heterocycles. The second-order valence-electron chi connectivity index (χ2n) is 9.21. The smallest absolute Gasteiger partial charge is 0.251 e. The molecular formula is C22H32N2O4S. The van der Waals surface area contributed by atoms with Crippen LogP contribution in [-0.2, 0) is 14.8 Å². The Hall–Kier alpha value is -1.44. The van der Waals surface area contributed by atoms with E-state index in [0.717, 1.165) is 11.8 Å². The number of carbonyl (C=O) groups is 1. The zero-order valence-electron chi connectivity index (χ0n) is 17.5. The highest BCUT2D eigenvalue weighted by atomic mass is 32.2. The van der Waals surface area contributed by atoms with E-state index in [9.17, 15) is 13.2 Å². The van der Waals surface area contributed by atoms with Crippen LogP contribution in [0.5, 0.6) is 0 Å². The van der Waals surface area contributed by atoms with Crippen molar-refractivity contribution in [1.29, 1.82) is 0 Å². The van der Waals surface area contributed by atoms with Gasteiger partial charge < -0.3 is 10.1 Å².